The van der Waals surface area contributed by atoms with Crippen LogP contribution in [0.1, 0.15) is 30.9 Å². The first-order valence-electron chi connectivity index (χ1n) is 7.44. The molecule has 1 heterocycles. The van der Waals surface area contributed by atoms with Crippen molar-refractivity contribution in [2.24, 2.45) is 5.73 Å². The number of nitrogens with zero attached hydrogens (tertiary/aromatic N) is 1. The van der Waals surface area contributed by atoms with Crippen molar-refractivity contribution in [2.75, 3.05) is 26.2 Å². The fraction of sp³-hybridized carbons (Fsp3) is 0.529. The van der Waals surface area contributed by atoms with Gasteiger partial charge in [0.2, 0.25) is 0 Å². The van der Waals surface area contributed by atoms with Gasteiger partial charge in [-0.05, 0) is 31.4 Å². The van der Waals surface area contributed by atoms with Crippen LogP contribution < -0.4 is 5.73 Å². The molecule has 20 heavy (non-hydrogen) atoms. The van der Waals surface area contributed by atoms with Gasteiger partial charge in [-0.15, -0.1) is 0 Å². The highest BCUT2D eigenvalue weighted by atomic mass is 16.5. The third-order valence-corrected chi connectivity index (χ3v) is 3.67. The third-order valence-electron chi connectivity index (χ3n) is 3.67. The molecule has 0 spiro atoms. The summed E-state index contributed by atoms with van der Waals surface area (Å²) < 4.78 is 5.70. The monoisotopic (exact) mass is 272 g/mol. The summed E-state index contributed by atoms with van der Waals surface area (Å²) in [6.45, 7) is 6.47. The van der Waals surface area contributed by atoms with Crippen LogP contribution >= 0.6 is 0 Å². The van der Waals surface area contributed by atoms with E-state index in [2.05, 4.69) is 41.9 Å². The van der Waals surface area contributed by atoms with Crippen LogP contribution in [0.15, 0.2) is 24.3 Å². The molecule has 2 N–H and O–H groups in total. The van der Waals surface area contributed by atoms with Crippen molar-refractivity contribution in [3.8, 4) is 11.8 Å². The molecule has 0 bridgehead atoms. The second-order valence-corrected chi connectivity index (χ2v) is 5.09. The van der Waals surface area contributed by atoms with E-state index in [4.69, 9.17) is 10.5 Å². The van der Waals surface area contributed by atoms with E-state index in [0.717, 1.165) is 44.6 Å². The van der Waals surface area contributed by atoms with Gasteiger partial charge in [-0.2, -0.15) is 0 Å². The highest BCUT2D eigenvalue weighted by molar-refractivity contribution is 5.41. The SMILES string of the molecule is CCOC1CCN(Cc2ccccc2C#CCN)CC1. The number of nitrogens with two attached hydrogens (primary N) is 1. The molecule has 1 aromatic rings. The number of hydrogen-bond donors (Lipinski definition) is 1. The molecule has 3 nitrogen and oxygen atoms in total. The van der Waals surface area contributed by atoms with Crippen LogP contribution in [0.3, 0.4) is 0 Å². The summed E-state index contributed by atoms with van der Waals surface area (Å²) >= 11 is 0. The first-order valence-corrected chi connectivity index (χ1v) is 7.44. The van der Waals surface area contributed by atoms with Crippen molar-refractivity contribution in [1.29, 1.82) is 0 Å². The van der Waals surface area contributed by atoms with E-state index in [1.165, 1.54) is 5.56 Å². The van der Waals surface area contributed by atoms with E-state index < -0.39 is 0 Å². The van der Waals surface area contributed by atoms with Gasteiger partial charge in [-0.25, -0.2) is 0 Å². The maximum Gasteiger partial charge on any atom is 0.0599 e. The minimum absolute atomic E-state index is 0.411. The van der Waals surface area contributed by atoms with Crippen molar-refractivity contribution < 1.29 is 4.74 Å². The molecule has 0 atom stereocenters. The Morgan fingerprint density at radius 3 is 2.75 bits per heavy atom. The predicted molar refractivity (Wildman–Crippen MR) is 82.3 cm³/mol. The molecule has 0 amide bonds. The zero-order chi connectivity index (χ0) is 14.2. The average molecular weight is 272 g/mol. The number of ether oxygens (including phenoxy) is 1. The highest BCUT2D eigenvalue weighted by Gasteiger charge is 2.19. The Balaban J connectivity index is 1.94. The molecule has 1 saturated heterocycles. The number of rotatable bonds is 4. The summed E-state index contributed by atoms with van der Waals surface area (Å²) in [6.07, 6.45) is 2.71. The Hall–Kier alpha value is -1.34. The van der Waals surface area contributed by atoms with Gasteiger partial charge in [-0.3, -0.25) is 4.90 Å². The zero-order valence-electron chi connectivity index (χ0n) is 12.3. The summed E-state index contributed by atoms with van der Waals surface area (Å²) in [5.74, 6) is 6.11. The molecule has 1 aliphatic heterocycles. The number of benzene rings is 1. The lowest BCUT2D eigenvalue weighted by molar-refractivity contribution is 0.0125. The van der Waals surface area contributed by atoms with Crippen LogP contribution in [-0.4, -0.2) is 37.2 Å². The molecule has 0 unspecified atom stereocenters. The molecule has 0 aromatic heterocycles. The van der Waals surface area contributed by atoms with Crippen LogP contribution in [-0.2, 0) is 11.3 Å². The second-order valence-electron chi connectivity index (χ2n) is 5.09. The minimum atomic E-state index is 0.411. The van der Waals surface area contributed by atoms with Gasteiger partial charge < -0.3 is 10.5 Å². The maximum atomic E-state index is 5.70. The largest absolute Gasteiger partial charge is 0.378 e. The van der Waals surface area contributed by atoms with E-state index in [-0.39, 0.29) is 0 Å². The molecule has 1 aromatic carbocycles. The van der Waals surface area contributed by atoms with Crippen LogP contribution in [0.25, 0.3) is 0 Å². The van der Waals surface area contributed by atoms with Gasteiger partial charge in [0.05, 0.1) is 12.6 Å². The van der Waals surface area contributed by atoms with E-state index in [0.29, 0.717) is 12.6 Å². The van der Waals surface area contributed by atoms with Crippen molar-refractivity contribution in [2.45, 2.75) is 32.4 Å². The standard InChI is InChI=1S/C17H24N2O/c1-2-20-17-9-12-19(13-10-17)14-16-7-4-3-6-15(16)8-5-11-18/h3-4,6-7,17H,2,9-14,18H2,1H3. The van der Waals surface area contributed by atoms with Gasteiger partial charge in [0.15, 0.2) is 0 Å². The van der Waals surface area contributed by atoms with Crippen molar-refractivity contribution in [3.63, 3.8) is 0 Å². The fourth-order valence-corrected chi connectivity index (χ4v) is 2.64. The normalized spacial score (nSPS) is 16.7. The Morgan fingerprint density at radius 1 is 1.30 bits per heavy atom. The predicted octanol–water partition coefficient (Wildman–Crippen LogP) is 2.00. The first kappa shape index (κ1) is 15.1. The Morgan fingerprint density at radius 2 is 2.05 bits per heavy atom. The average Bonchev–Trinajstić information content (AvgIpc) is 2.49. The van der Waals surface area contributed by atoms with Gasteiger partial charge >= 0.3 is 0 Å². The van der Waals surface area contributed by atoms with Crippen molar-refractivity contribution in [3.05, 3.63) is 35.4 Å². The zero-order valence-corrected chi connectivity index (χ0v) is 12.3. The topological polar surface area (TPSA) is 38.5 Å². The molecule has 0 aliphatic carbocycles. The van der Waals surface area contributed by atoms with E-state index in [9.17, 15) is 0 Å². The van der Waals surface area contributed by atoms with Gasteiger partial charge in [0, 0.05) is 31.8 Å². The summed E-state index contributed by atoms with van der Waals surface area (Å²) in [4.78, 5) is 2.48. The lowest BCUT2D eigenvalue weighted by Gasteiger charge is -2.31. The minimum Gasteiger partial charge on any atom is -0.378 e. The number of hydrogen-bond acceptors (Lipinski definition) is 3. The molecule has 3 heteroatoms. The highest BCUT2D eigenvalue weighted by Crippen LogP contribution is 2.17. The van der Waals surface area contributed by atoms with E-state index in [1.54, 1.807) is 0 Å². The third kappa shape index (κ3) is 4.35. The Labute approximate surface area is 122 Å². The quantitative estimate of drug-likeness (QED) is 0.852. The molecule has 108 valence electrons. The lowest BCUT2D eigenvalue weighted by Crippen LogP contribution is -2.36. The molecule has 0 saturated carbocycles. The molecular formula is C17H24N2O. The van der Waals surface area contributed by atoms with Crippen LogP contribution in [0.5, 0.6) is 0 Å². The first-order chi connectivity index (χ1) is 9.83. The van der Waals surface area contributed by atoms with Crippen molar-refractivity contribution >= 4 is 0 Å². The fourth-order valence-electron chi connectivity index (χ4n) is 2.64. The second kappa shape index (κ2) is 8.06. The molecule has 1 aliphatic rings. The molecular weight excluding hydrogens is 248 g/mol. The number of likely N-dealkylation sites (tertiary alicyclic amines) is 1. The van der Waals surface area contributed by atoms with Gasteiger partial charge in [0.1, 0.15) is 0 Å². The summed E-state index contributed by atoms with van der Waals surface area (Å²) in [6, 6.07) is 8.35. The molecule has 0 radical (unpaired) electrons. The van der Waals surface area contributed by atoms with Crippen LogP contribution in [0, 0.1) is 11.8 Å². The van der Waals surface area contributed by atoms with E-state index in [1.807, 2.05) is 6.07 Å². The van der Waals surface area contributed by atoms with Crippen LogP contribution in [0.4, 0.5) is 0 Å². The summed E-state index contributed by atoms with van der Waals surface area (Å²) in [7, 11) is 0. The molecule has 1 fully saturated rings. The lowest BCUT2D eigenvalue weighted by atomic mass is 10.0. The summed E-state index contributed by atoms with van der Waals surface area (Å²) in [5, 5.41) is 0. The summed E-state index contributed by atoms with van der Waals surface area (Å²) in [5.41, 5.74) is 7.85. The van der Waals surface area contributed by atoms with Gasteiger partial charge in [0.25, 0.3) is 0 Å². The number of piperidine rings is 1. The Bertz CT molecular complexity index is 467. The maximum absolute atomic E-state index is 5.70. The van der Waals surface area contributed by atoms with Crippen molar-refractivity contribution in [1.82, 2.24) is 4.90 Å². The smallest absolute Gasteiger partial charge is 0.0599 e. The Kier molecular flexibility index (Phi) is 6.07. The molecule has 2 rings (SSSR count). The van der Waals surface area contributed by atoms with Gasteiger partial charge in [-0.1, -0.05) is 30.0 Å². The van der Waals surface area contributed by atoms with E-state index >= 15 is 0 Å². The van der Waals surface area contributed by atoms with Crippen LogP contribution in [0.2, 0.25) is 0 Å².